The number of carboxylic acid groups (broad SMARTS) is 1. The van der Waals surface area contributed by atoms with E-state index in [0.29, 0.717) is 0 Å². The van der Waals surface area contributed by atoms with Crippen LogP contribution in [0.5, 0.6) is 0 Å². The fourth-order valence-corrected chi connectivity index (χ4v) is 1.46. The normalized spacial score (nSPS) is 13.5. The van der Waals surface area contributed by atoms with Crippen LogP contribution in [-0.4, -0.2) is 26.5 Å². The molecule has 16 heavy (non-hydrogen) atoms. The zero-order chi connectivity index (χ0) is 12.3. The van der Waals surface area contributed by atoms with Gasteiger partial charge in [-0.3, -0.25) is 4.79 Å². The molecule has 0 saturated heterocycles. The molecule has 8 heteroatoms. The highest BCUT2D eigenvalue weighted by Gasteiger charge is 2.33. The Kier molecular flexibility index (Phi) is 3.74. The Labute approximate surface area is 92.9 Å². The summed E-state index contributed by atoms with van der Waals surface area (Å²) < 4.78 is 36.3. The zero-order valence-electron chi connectivity index (χ0n) is 8.02. The topological polar surface area (TPSA) is 63.1 Å². The molecule has 0 aliphatic rings. The van der Waals surface area contributed by atoms with Gasteiger partial charge in [0.05, 0.1) is 0 Å². The van der Waals surface area contributed by atoms with Gasteiger partial charge in [0.1, 0.15) is 10.3 Å². The average molecular weight is 252 g/mol. The molecule has 1 rings (SSSR count). The molecular weight excluding hydrogens is 245 g/mol. The monoisotopic (exact) mass is 252 g/mol. The number of aliphatic carboxylic acids is 1. The smallest absolute Gasteiger partial charge is 0.435 e. The van der Waals surface area contributed by atoms with Crippen molar-refractivity contribution in [1.29, 1.82) is 0 Å². The molecule has 88 valence electrons. The van der Waals surface area contributed by atoms with Gasteiger partial charge in [-0.25, -0.2) is 0 Å². The van der Waals surface area contributed by atoms with Gasteiger partial charge in [-0.1, -0.05) is 11.8 Å². The number of hydrogen-bond donors (Lipinski definition) is 1. The van der Waals surface area contributed by atoms with Gasteiger partial charge in [0.25, 0.3) is 0 Å². The molecule has 0 aliphatic carbocycles. The van der Waals surface area contributed by atoms with Crippen molar-refractivity contribution in [3.63, 3.8) is 0 Å². The van der Waals surface area contributed by atoms with Crippen LogP contribution in [0.3, 0.4) is 0 Å². The Morgan fingerprint density at radius 3 is 2.44 bits per heavy atom. The van der Waals surface area contributed by atoms with Crippen molar-refractivity contribution >= 4 is 17.7 Å². The highest BCUT2D eigenvalue weighted by molar-refractivity contribution is 8.00. The lowest BCUT2D eigenvalue weighted by Crippen LogP contribution is -2.12. The third kappa shape index (κ3) is 3.37. The van der Waals surface area contributed by atoms with Gasteiger partial charge in [0.2, 0.25) is 0 Å². The number of halogens is 3. The Morgan fingerprint density at radius 2 is 2.06 bits per heavy atom. The zero-order valence-corrected chi connectivity index (χ0v) is 8.84. The molecule has 1 atom stereocenters. The first-order valence-corrected chi connectivity index (χ1v) is 4.99. The highest BCUT2D eigenvalue weighted by Crippen LogP contribution is 2.28. The van der Waals surface area contributed by atoms with Crippen LogP contribution in [0.4, 0.5) is 13.2 Å². The maximum absolute atomic E-state index is 12.1. The molecule has 0 aliphatic heterocycles. The summed E-state index contributed by atoms with van der Waals surface area (Å²) in [4.78, 5) is 10.5. The molecule has 1 aromatic heterocycles. The minimum Gasteiger partial charge on any atom is -0.480 e. The van der Waals surface area contributed by atoms with Crippen molar-refractivity contribution in [1.82, 2.24) is 10.2 Å². The van der Waals surface area contributed by atoms with E-state index >= 15 is 0 Å². The molecule has 0 bridgehead atoms. The minimum absolute atomic E-state index is 0.142. The molecule has 4 nitrogen and oxygen atoms in total. The number of carbonyl (C=O) groups is 1. The predicted octanol–water partition coefficient (Wildman–Crippen LogP) is 2.06. The molecule has 0 saturated carbocycles. The van der Waals surface area contributed by atoms with Gasteiger partial charge in [-0.2, -0.15) is 13.2 Å². The fourth-order valence-electron chi connectivity index (χ4n) is 0.766. The van der Waals surface area contributed by atoms with Crippen molar-refractivity contribution in [3.05, 3.63) is 17.8 Å². The van der Waals surface area contributed by atoms with Crippen LogP contribution in [0.1, 0.15) is 12.6 Å². The lowest BCUT2D eigenvalue weighted by atomic mass is 10.4. The number of rotatable bonds is 3. The maximum atomic E-state index is 12.1. The summed E-state index contributed by atoms with van der Waals surface area (Å²) in [5, 5.41) is 14.2. The average Bonchev–Trinajstić information content (AvgIpc) is 2.17. The number of thioether (sulfide) groups is 1. The first-order valence-electron chi connectivity index (χ1n) is 4.11. The largest absolute Gasteiger partial charge is 0.480 e. The fraction of sp³-hybridized carbons (Fsp3) is 0.375. The first kappa shape index (κ1) is 12.8. The quantitative estimate of drug-likeness (QED) is 0.834. The Bertz CT molecular complexity index is 380. The molecule has 0 radical (unpaired) electrons. The SMILES string of the molecule is CC(Sc1ccc(C(F)(F)F)nn1)C(=O)O. The lowest BCUT2D eigenvalue weighted by Gasteiger charge is -2.06. The van der Waals surface area contributed by atoms with Crippen LogP contribution in [0.15, 0.2) is 17.2 Å². The summed E-state index contributed by atoms with van der Waals surface area (Å²) in [6, 6.07) is 1.86. The van der Waals surface area contributed by atoms with E-state index in [1.165, 1.54) is 6.92 Å². The highest BCUT2D eigenvalue weighted by atomic mass is 32.2. The van der Waals surface area contributed by atoms with Crippen LogP contribution < -0.4 is 0 Å². The van der Waals surface area contributed by atoms with Crippen LogP contribution in [0.25, 0.3) is 0 Å². The third-order valence-corrected chi connectivity index (χ3v) is 2.59. The number of alkyl halides is 3. The summed E-state index contributed by atoms with van der Waals surface area (Å²) in [5.41, 5.74) is -1.10. The summed E-state index contributed by atoms with van der Waals surface area (Å²) >= 11 is 0.831. The molecule has 0 amide bonds. The van der Waals surface area contributed by atoms with E-state index in [1.807, 2.05) is 0 Å². The molecule has 0 spiro atoms. The van der Waals surface area contributed by atoms with Crippen molar-refractivity contribution in [3.8, 4) is 0 Å². The molecule has 0 aromatic carbocycles. The van der Waals surface area contributed by atoms with Crippen LogP contribution >= 0.6 is 11.8 Å². The van der Waals surface area contributed by atoms with Gasteiger partial charge in [0, 0.05) is 0 Å². The molecule has 1 aromatic rings. The van der Waals surface area contributed by atoms with E-state index in [1.54, 1.807) is 0 Å². The van der Waals surface area contributed by atoms with Crippen LogP contribution in [0, 0.1) is 0 Å². The van der Waals surface area contributed by atoms with Crippen LogP contribution in [-0.2, 0) is 11.0 Å². The van der Waals surface area contributed by atoms with E-state index in [9.17, 15) is 18.0 Å². The van der Waals surface area contributed by atoms with E-state index in [0.717, 1.165) is 23.9 Å². The van der Waals surface area contributed by atoms with Gasteiger partial charge in [-0.15, -0.1) is 10.2 Å². The molecule has 1 N–H and O–H groups in total. The lowest BCUT2D eigenvalue weighted by molar-refractivity contribution is -0.142. The Balaban J connectivity index is 2.76. The molecule has 0 fully saturated rings. The number of hydrogen-bond acceptors (Lipinski definition) is 4. The number of carboxylic acids is 1. The maximum Gasteiger partial charge on any atom is 0.435 e. The predicted molar refractivity (Wildman–Crippen MR) is 50.0 cm³/mol. The second-order valence-electron chi connectivity index (χ2n) is 2.85. The summed E-state index contributed by atoms with van der Waals surface area (Å²) in [7, 11) is 0. The van der Waals surface area contributed by atoms with Crippen molar-refractivity contribution in [2.24, 2.45) is 0 Å². The summed E-state index contributed by atoms with van der Waals surface area (Å²) in [6.07, 6.45) is -4.53. The van der Waals surface area contributed by atoms with E-state index < -0.39 is 23.1 Å². The molecule has 1 unspecified atom stereocenters. The number of nitrogens with zero attached hydrogens (tertiary/aromatic N) is 2. The van der Waals surface area contributed by atoms with Crippen molar-refractivity contribution in [2.75, 3.05) is 0 Å². The van der Waals surface area contributed by atoms with Crippen molar-refractivity contribution in [2.45, 2.75) is 23.4 Å². The molecule has 1 heterocycles. The van der Waals surface area contributed by atoms with E-state index in [2.05, 4.69) is 10.2 Å². The second kappa shape index (κ2) is 4.69. The standard InChI is InChI=1S/C8H7F3N2O2S/c1-4(7(14)15)16-6-3-2-5(12-13-6)8(9,10)11/h2-4H,1H3,(H,14,15). The minimum atomic E-state index is -4.53. The van der Waals surface area contributed by atoms with Gasteiger partial charge in [-0.05, 0) is 19.1 Å². The Morgan fingerprint density at radius 1 is 1.44 bits per heavy atom. The van der Waals surface area contributed by atoms with E-state index in [-0.39, 0.29) is 5.03 Å². The van der Waals surface area contributed by atoms with Crippen LogP contribution in [0.2, 0.25) is 0 Å². The first-order chi connectivity index (χ1) is 7.30. The van der Waals surface area contributed by atoms with Gasteiger partial charge < -0.3 is 5.11 Å². The van der Waals surface area contributed by atoms with Gasteiger partial charge in [0.15, 0.2) is 5.69 Å². The second-order valence-corrected chi connectivity index (χ2v) is 4.21. The summed E-state index contributed by atoms with van der Waals surface area (Å²) in [6.45, 7) is 1.41. The Hall–Kier alpha value is -1.31. The van der Waals surface area contributed by atoms with Crippen molar-refractivity contribution < 1.29 is 23.1 Å². The number of aromatic nitrogens is 2. The van der Waals surface area contributed by atoms with E-state index in [4.69, 9.17) is 5.11 Å². The summed E-state index contributed by atoms with van der Waals surface area (Å²) in [5.74, 6) is -1.06. The third-order valence-electron chi connectivity index (χ3n) is 1.58. The molecular formula is C8H7F3N2O2S. The van der Waals surface area contributed by atoms with Gasteiger partial charge >= 0.3 is 12.1 Å².